The molecule has 1 aromatic rings. The maximum Gasteiger partial charge on any atom is 0.411 e. The second-order valence-electron chi connectivity index (χ2n) is 10.5. The molecule has 1 aliphatic heterocycles. The van der Waals surface area contributed by atoms with E-state index in [2.05, 4.69) is 33.9 Å². The highest BCUT2D eigenvalue weighted by atomic mass is 28.4. The van der Waals surface area contributed by atoms with Gasteiger partial charge in [-0.05, 0) is 44.5 Å². The van der Waals surface area contributed by atoms with Crippen molar-refractivity contribution in [2.24, 2.45) is 0 Å². The van der Waals surface area contributed by atoms with Crippen LogP contribution in [0, 0.1) is 0 Å². The minimum atomic E-state index is -2.05. The molecule has 0 bridgehead atoms. The molecule has 1 amide bonds. The number of hydrogen-bond donors (Lipinski definition) is 0. The summed E-state index contributed by atoms with van der Waals surface area (Å²) in [6, 6.07) is 8.80. The molecule has 30 heavy (non-hydrogen) atoms. The van der Waals surface area contributed by atoms with E-state index in [9.17, 15) is 9.59 Å². The molecule has 1 fully saturated rings. The molecule has 2 rings (SSSR count). The normalized spacial score (nSPS) is 20.2. The lowest BCUT2D eigenvalue weighted by Crippen LogP contribution is -2.45. The summed E-state index contributed by atoms with van der Waals surface area (Å²) >= 11 is 0. The summed E-state index contributed by atoms with van der Waals surface area (Å²) in [7, 11) is -2.05. The zero-order valence-electron chi connectivity index (χ0n) is 19.7. The van der Waals surface area contributed by atoms with Crippen molar-refractivity contribution in [2.75, 3.05) is 6.54 Å². The maximum atomic E-state index is 12.9. The monoisotopic (exact) mass is 435 g/mol. The van der Waals surface area contributed by atoms with Crippen molar-refractivity contribution in [2.45, 2.75) is 90.4 Å². The molecular formula is C23H37NO5Si. The summed E-state index contributed by atoms with van der Waals surface area (Å²) in [6.07, 6.45) is -0.308. The Morgan fingerprint density at radius 1 is 1.07 bits per heavy atom. The molecule has 1 heterocycles. The van der Waals surface area contributed by atoms with Gasteiger partial charge in [-0.2, -0.15) is 0 Å². The van der Waals surface area contributed by atoms with Crippen LogP contribution in [0.5, 0.6) is 0 Å². The first-order valence-electron chi connectivity index (χ1n) is 10.6. The van der Waals surface area contributed by atoms with E-state index >= 15 is 0 Å². The van der Waals surface area contributed by atoms with Gasteiger partial charge in [-0.25, -0.2) is 9.59 Å². The van der Waals surface area contributed by atoms with Crippen molar-refractivity contribution in [3.63, 3.8) is 0 Å². The second kappa shape index (κ2) is 9.10. The van der Waals surface area contributed by atoms with E-state index in [-0.39, 0.29) is 17.7 Å². The van der Waals surface area contributed by atoms with Gasteiger partial charge in [0.15, 0.2) is 8.32 Å². The molecule has 168 valence electrons. The van der Waals surface area contributed by atoms with Crippen molar-refractivity contribution in [1.82, 2.24) is 4.90 Å². The molecule has 1 unspecified atom stereocenters. The van der Waals surface area contributed by atoms with Crippen molar-refractivity contribution in [1.29, 1.82) is 0 Å². The van der Waals surface area contributed by atoms with Crippen LogP contribution in [0.25, 0.3) is 0 Å². The molecular weight excluding hydrogens is 398 g/mol. The average molecular weight is 436 g/mol. The quantitative estimate of drug-likeness (QED) is 0.474. The lowest BCUT2D eigenvalue weighted by molar-refractivity contribution is -0.150. The van der Waals surface area contributed by atoms with Gasteiger partial charge in [0, 0.05) is 13.0 Å². The number of carbonyl (C=O) groups excluding carboxylic acids is 2. The van der Waals surface area contributed by atoms with Crippen molar-refractivity contribution < 1.29 is 23.5 Å². The summed E-state index contributed by atoms with van der Waals surface area (Å²) in [5, 5.41) is 0.0374. The first-order chi connectivity index (χ1) is 13.7. The smallest absolute Gasteiger partial charge is 0.411 e. The number of nitrogens with zero attached hydrogens (tertiary/aromatic N) is 1. The molecule has 7 heteroatoms. The van der Waals surface area contributed by atoms with Gasteiger partial charge in [-0.3, -0.25) is 4.90 Å². The highest BCUT2D eigenvalue weighted by molar-refractivity contribution is 6.74. The molecule has 6 nitrogen and oxygen atoms in total. The van der Waals surface area contributed by atoms with Gasteiger partial charge >= 0.3 is 12.1 Å². The summed E-state index contributed by atoms with van der Waals surface area (Å²) in [4.78, 5) is 27.2. The van der Waals surface area contributed by atoms with Crippen LogP contribution in [0.1, 0.15) is 53.5 Å². The van der Waals surface area contributed by atoms with Crippen LogP contribution >= 0.6 is 0 Å². The van der Waals surface area contributed by atoms with Gasteiger partial charge in [0.05, 0.1) is 6.10 Å². The Kier molecular flexibility index (Phi) is 7.40. The van der Waals surface area contributed by atoms with Gasteiger partial charge in [0.1, 0.15) is 18.2 Å². The molecule has 1 aliphatic rings. The Balaban J connectivity index is 2.14. The van der Waals surface area contributed by atoms with Gasteiger partial charge in [-0.1, -0.05) is 51.1 Å². The van der Waals surface area contributed by atoms with Crippen LogP contribution < -0.4 is 0 Å². The van der Waals surface area contributed by atoms with Gasteiger partial charge in [0.2, 0.25) is 0 Å². The average Bonchev–Trinajstić information content (AvgIpc) is 3.01. The number of carbonyl (C=O) groups is 2. The minimum absolute atomic E-state index is 0.0374. The summed E-state index contributed by atoms with van der Waals surface area (Å²) < 4.78 is 17.6. The zero-order valence-corrected chi connectivity index (χ0v) is 20.7. The van der Waals surface area contributed by atoms with E-state index in [0.29, 0.717) is 13.0 Å². The van der Waals surface area contributed by atoms with Gasteiger partial charge < -0.3 is 13.9 Å². The maximum absolute atomic E-state index is 12.9. The Labute approximate surface area is 182 Å². The number of amides is 1. The largest absolute Gasteiger partial charge is 0.459 e. The van der Waals surface area contributed by atoms with E-state index in [1.807, 2.05) is 51.1 Å². The molecule has 0 radical (unpaired) electrons. The van der Waals surface area contributed by atoms with Crippen LogP contribution in [-0.4, -0.2) is 49.6 Å². The first kappa shape index (κ1) is 24.4. The van der Waals surface area contributed by atoms with Gasteiger partial charge in [-0.15, -0.1) is 0 Å². The molecule has 0 N–H and O–H groups in total. The van der Waals surface area contributed by atoms with Gasteiger partial charge in [0.25, 0.3) is 0 Å². The van der Waals surface area contributed by atoms with E-state index in [1.54, 1.807) is 0 Å². The van der Waals surface area contributed by atoms with Crippen molar-refractivity contribution in [3.05, 3.63) is 35.9 Å². The number of hydrogen-bond acceptors (Lipinski definition) is 5. The predicted molar refractivity (Wildman–Crippen MR) is 120 cm³/mol. The van der Waals surface area contributed by atoms with Crippen molar-refractivity contribution in [3.8, 4) is 0 Å². The highest BCUT2D eigenvalue weighted by Crippen LogP contribution is 2.39. The molecule has 0 aliphatic carbocycles. The third kappa shape index (κ3) is 6.57. The fourth-order valence-corrected chi connectivity index (χ4v) is 4.40. The standard InChI is InChI=1S/C23H37NO5Si/c1-22(2,3)28-21(26)24-15-18(29-30(7,8)23(4,5)6)14-19(24)20(25)27-16-17-12-10-9-11-13-17/h9-13,18-19H,14-16H2,1-8H3/t18-,19?/m1/s1. The minimum Gasteiger partial charge on any atom is -0.459 e. The number of rotatable bonds is 5. The number of likely N-dealkylation sites (tertiary alicyclic amines) is 1. The van der Waals surface area contributed by atoms with Crippen molar-refractivity contribution >= 4 is 20.4 Å². The van der Waals surface area contributed by atoms with E-state index in [4.69, 9.17) is 13.9 Å². The summed E-state index contributed by atoms with van der Waals surface area (Å²) in [5.74, 6) is -0.425. The molecule has 1 saturated heterocycles. The molecule has 0 aromatic heterocycles. The predicted octanol–water partition coefficient (Wildman–Crippen LogP) is 5.13. The van der Waals surface area contributed by atoms with E-state index in [1.165, 1.54) is 4.90 Å². The fraction of sp³-hybridized carbons (Fsp3) is 0.652. The van der Waals surface area contributed by atoms with Crippen LogP contribution in [0.3, 0.4) is 0 Å². The molecule has 1 aromatic carbocycles. The van der Waals surface area contributed by atoms with Crippen LogP contribution in [0.2, 0.25) is 18.1 Å². The van der Waals surface area contributed by atoms with Crippen LogP contribution in [0.4, 0.5) is 4.79 Å². The lowest BCUT2D eigenvalue weighted by Gasteiger charge is -2.38. The Hall–Kier alpha value is -1.86. The Morgan fingerprint density at radius 2 is 1.67 bits per heavy atom. The number of ether oxygens (including phenoxy) is 2. The Bertz CT molecular complexity index is 736. The van der Waals surface area contributed by atoms with Crippen LogP contribution in [-0.2, 0) is 25.3 Å². The fourth-order valence-electron chi connectivity index (χ4n) is 3.05. The third-order valence-corrected chi connectivity index (χ3v) is 10.2. The molecule has 2 atom stereocenters. The summed E-state index contributed by atoms with van der Waals surface area (Å²) in [5.41, 5.74) is 0.259. The molecule has 0 saturated carbocycles. The van der Waals surface area contributed by atoms with Crippen LogP contribution in [0.15, 0.2) is 30.3 Å². The number of esters is 1. The molecule has 0 spiro atoms. The Morgan fingerprint density at radius 3 is 2.20 bits per heavy atom. The lowest BCUT2D eigenvalue weighted by atomic mass is 10.2. The number of benzene rings is 1. The summed E-state index contributed by atoms with van der Waals surface area (Å²) in [6.45, 7) is 16.8. The van der Waals surface area contributed by atoms with E-state index < -0.39 is 32.0 Å². The third-order valence-electron chi connectivity index (χ3n) is 5.65. The zero-order chi connectivity index (χ0) is 22.7. The SMILES string of the molecule is CC(C)(C)OC(=O)N1C[C@H](O[Si](C)(C)C(C)(C)C)CC1C(=O)OCc1ccccc1. The van der Waals surface area contributed by atoms with E-state index in [0.717, 1.165) is 5.56 Å². The topological polar surface area (TPSA) is 65.1 Å². The second-order valence-corrected chi connectivity index (χ2v) is 15.2. The first-order valence-corrected chi connectivity index (χ1v) is 13.5. The highest BCUT2D eigenvalue weighted by Gasteiger charge is 2.47.